The number of fused-ring (bicyclic) bond motifs is 1. The Balaban J connectivity index is 1.46. The van der Waals surface area contributed by atoms with E-state index in [1.54, 1.807) is 55.2 Å². The van der Waals surface area contributed by atoms with E-state index in [0.29, 0.717) is 44.8 Å². The number of hydrogen-bond donors (Lipinski definition) is 0. The Bertz CT molecular complexity index is 1580. The summed E-state index contributed by atoms with van der Waals surface area (Å²) in [5.41, 5.74) is 1.82. The maximum absolute atomic E-state index is 13.4. The molecule has 0 radical (unpaired) electrons. The van der Waals surface area contributed by atoms with Crippen molar-refractivity contribution in [3.63, 3.8) is 0 Å². The molecule has 0 bridgehead atoms. The summed E-state index contributed by atoms with van der Waals surface area (Å²) < 4.78 is 31.3. The van der Waals surface area contributed by atoms with Crippen LogP contribution in [0.25, 0.3) is 22.3 Å². The molecular weight excluding hydrogens is 483 g/mol. The minimum absolute atomic E-state index is 0.181. The van der Waals surface area contributed by atoms with Gasteiger partial charge in [-0.1, -0.05) is 47.3 Å². The molecule has 5 rings (SSSR count). The molecule has 5 aromatic rings. The van der Waals surface area contributed by atoms with Gasteiger partial charge in [0.1, 0.15) is 5.82 Å². The number of hydrogen-bond acceptors (Lipinski definition) is 8. The second-order valence-corrected chi connectivity index (χ2v) is 8.71. The number of aromatic nitrogens is 4. The Labute approximate surface area is 209 Å². The number of benzene rings is 3. The summed E-state index contributed by atoms with van der Waals surface area (Å²) >= 11 is 1.30. The first-order valence-electron chi connectivity index (χ1n) is 11.0. The molecule has 2 heterocycles. The Hall–Kier alpha value is -4.18. The number of methoxy groups -OCH3 is 2. The SMILES string of the molecule is COc1cccc(-c2noc(CSc3nc4ccccc4c(=O)n3Cc3ccc(F)cc3)n2)c1OC. The van der Waals surface area contributed by atoms with E-state index in [4.69, 9.17) is 19.0 Å². The normalized spacial score (nSPS) is 11.1. The average molecular weight is 505 g/mol. The lowest BCUT2D eigenvalue weighted by atomic mass is 10.2. The molecule has 10 heteroatoms. The predicted molar refractivity (Wildman–Crippen MR) is 134 cm³/mol. The number of nitrogens with zero attached hydrogens (tertiary/aromatic N) is 4. The molecule has 0 aliphatic rings. The van der Waals surface area contributed by atoms with Crippen LogP contribution in [0, 0.1) is 5.82 Å². The Kier molecular flexibility index (Phi) is 6.68. The van der Waals surface area contributed by atoms with Crippen LogP contribution in [0.4, 0.5) is 4.39 Å². The molecule has 0 aliphatic carbocycles. The van der Waals surface area contributed by atoms with Gasteiger partial charge in [-0.05, 0) is 42.0 Å². The number of halogens is 1. The van der Waals surface area contributed by atoms with Gasteiger partial charge >= 0.3 is 0 Å². The molecule has 0 fully saturated rings. The van der Waals surface area contributed by atoms with Crippen molar-refractivity contribution >= 4 is 22.7 Å². The highest BCUT2D eigenvalue weighted by molar-refractivity contribution is 7.98. The van der Waals surface area contributed by atoms with Crippen LogP contribution in [-0.4, -0.2) is 33.9 Å². The molecule has 0 spiro atoms. The fourth-order valence-corrected chi connectivity index (χ4v) is 4.62. The topological polar surface area (TPSA) is 92.3 Å². The number of ether oxygens (including phenoxy) is 2. The fraction of sp³-hybridized carbons (Fsp3) is 0.154. The summed E-state index contributed by atoms with van der Waals surface area (Å²) in [6.45, 7) is 0.245. The molecule has 2 aromatic heterocycles. The van der Waals surface area contributed by atoms with Crippen molar-refractivity contribution in [3.05, 3.63) is 94.4 Å². The van der Waals surface area contributed by atoms with Crippen LogP contribution >= 0.6 is 11.8 Å². The Morgan fingerprint density at radius 3 is 2.56 bits per heavy atom. The van der Waals surface area contributed by atoms with Crippen molar-refractivity contribution in [1.82, 2.24) is 19.7 Å². The van der Waals surface area contributed by atoms with Crippen LogP contribution in [0.15, 0.2) is 81.2 Å². The van der Waals surface area contributed by atoms with E-state index in [-0.39, 0.29) is 23.7 Å². The maximum atomic E-state index is 13.4. The van der Waals surface area contributed by atoms with Crippen LogP contribution in [0.5, 0.6) is 11.5 Å². The first-order chi connectivity index (χ1) is 17.6. The summed E-state index contributed by atoms with van der Waals surface area (Å²) in [4.78, 5) is 22.5. The molecule has 0 saturated carbocycles. The number of thioether (sulfide) groups is 1. The minimum atomic E-state index is -0.336. The Morgan fingerprint density at radius 2 is 1.78 bits per heavy atom. The van der Waals surface area contributed by atoms with E-state index >= 15 is 0 Å². The summed E-state index contributed by atoms with van der Waals surface area (Å²) in [7, 11) is 3.10. The highest BCUT2D eigenvalue weighted by Gasteiger charge is 2.18. The Morgan fingerprint density at radius 1 is 0.972 bits per heavy atom. The lowest BCUT2D eigenvalue weighted by molar-refractivity contribution is 0.355. The monoisotopic (exact) mass is 504 g/mol. The zero-order valence-corrected chi connectivity index (χ0v) is 20.3. The molecule has 36 heavy (non-hydrogen) atoms. The van der Waals surface area contributed by atoms with Crippen molar-refractivity contribution in [2.45, 2.75) is 17.5 Å². The van der Waals surface area contributed by atoms with Crippen molar-refractivity contribution < 1.29 is 18.4 Å². The van der Waals surface area contributed by atoms with E-state index in [0.717, 1.165) is 5.56 Å². The molecule has 3 aromatic carbocycles. The molecule has 0 atom stereocenters. The van der Waals surface area contributed by atoms with Crippen molar-refractivity contribution in [2.75, 3.05) is 14.2 Å². The van der Waals surface area contributed by atoms with Gasteiger partial charge in [0, 0.05) is 0 Å². The summed E-state index contributed by atoms with van der Waals surface area (Å²) in [5.74, 6) is 1.72. The molecule has 0 unspecified atom stereocenters. The molecule has 182 valence electrons. The van der Waals surface area contributed by atoms with Gasteiger partial charge in [0.25, 0.3) is 5.56 Å². The highest BCUT2D eigenvalue weighted by Crippen LogP contribution is 2.36. The highest BCUT2D eigenvalue weighted by atomic mass is 32.2. The molecule has 0 aliphatic heterocycles. The molecule has 0 N–H and O–H groups in total. The van der Waals surface area contributed by atoms with Gasteiger partial charge in [-0.3, -0.25) is 9.36 Å². The van der Waals surface area contributed by atoms with Crippen molar-refractivity contribution in [3.8, 4) is 22.9 Å². The van der Waals surface area contributed by atoms with Gasteiger partial charge in [-0.15, -0.1) is 0 Å². The van der Waals surface area contributed by atoms with Gasteiger partial charge < -0.3 is 14.0 Å². The summed E-state index contributed by atoms with van der Waals surface area (Å²) in [5, 5.41) is 5.09. The van der Waals surface area contributed by atoms with Gasteiger partial charge in [0.2, 0.25) is 11.7 Å². The quantitative estimate of drug-likeness (QED) is 0.217. The zero-order chi connectivity index (χ0) is 25.1. The summed E-state index contributed by atoms with van der Waals surface area (Å²) in [6.07, 6.45) is 0. The first-order valence-corrected chi connectivity index (χ1v) is 12.0. The third-order valence-electron chi connectivity index (χ3n) is 5.52. The molecule has 0 saturated heterocycles. The molecular formula is C26H21FN4O4S. The van der Waals surface area contributed by atoms with Crippen LogP contribution < -0.4 is 15.0 Å². The lowest BCUT2D eigenvalue weighted by Crippen LogP contribution is -2.24. The minimum Gasteiger partial charge on any atom is -0.493 e. The van der Waals surface area contributed by atoms with Gasteiger partial charge in [-0.2, -0.15) is 4.98 Å². The second kappa shape index (κ2) is 10.2. The second-order valence-electron chi connectivity index (χ2n) is 7.77. The smallest absolute Gasteiger partial charge is 0.262 e. The average Bonchev–Trinajstić information content (AvgIpc) is 3.39. The van der Waals surface area contributed by atoms with Crippen molar-refractivity contribution in [2.24, 2.45) is 0 Å². The molecule has 0 amide bonds. The van der Waals surface area contributed by atoms with Crippen LogP contribution in [0.2, 0.25) is 0 Å². The first kappa shape index (κ1) is 23.6. The van der Waals surface area contributed by atoms with Crippen molar-refractivity contribution in [1.29, 1.82) is 0 Å². The van der Waals surface area contributed by atoms with Crippen LogP contribution in [0.1, 0.15) is 11.5 Å². The van der Waals surface area contributed by atoms with E-state index < -0.39 is 0 Å². The third kappa shape index (κ3) is 4.67. The zero-order valence-electron chi connectivity index (χ0n) is 19.5. The van der Waals surface area contributed by atoms with Crippen LogP contribution in [0.3, 0.4) is 0 Å². The van der Waals surface area contributed by atoms with Gasteiger partial charge in [-0.25, -0.2) is 9.37 Å². The lowest BCUT2D eigenvalue weighted by Gasteiger charge is -2.12. The van der Waals surface area contributed by atoms with Gasteiger partial charge in [0.15, 0.2) is 16.7 Å². The van der Waals surface area contributed by atoms with Crippen LogP contribution in [-0.2, 0) is 12.3 Å². The largest absolute Gasteiger partial charge is 0.493 e. The third-order valence-corrected chi connectivity index (χ3v) is 6.48. The standard InChI is InChI=1S/C26H21FN4O4S/c1-33-21-9-5-7-19(23(21)34-2)24-29-22(35-30-24)15-36-26-28-20-8-4-3-6-18(20)25(32)31(26)14-16-10-12-17(27)13-11-16/h3-13H,14-15H2,1-2H3. The van der Waals surface area contributed by atoms with Gasteiger partial charge in [0.05, 0.1) is 43.0 Å². The number of para-hydroxylation sites is 2. The maximum Gasteiger partial charge on any atom is 0.262 e. The summed E-state index contributed by atoms with van der Waals surface area (Å²) in [6, 6.07) is 18.6. The number of rotatable bonds is 8. The van der Waals surface area contributed by atoms with E-state index in [1.807, 2.05) is 18.2 Å². The van der Waals surface area contributed by atoms with E-state index in [9.17, 15) is 9.18 Å². The predicted octanol–water partition coefficient (Wildman–Crippen LogP) is 4.94. The molecule has 8 nitrogen and oxygen atoms in total. The fourth-order valence-electron chi connectivity index (χ4n) is 3.78. The van der Waals surface area contributed by atoms with E-state index in [2.05, 4.69) is 10.1 Å². The van der Waals surface area contributed by atoms with E-state index in [1.165, 1.54) is 23.9 Å².